The van der Waals surface area contributed by atoms with E-state index in [0.717, 1.165) is 10.9 Å². The van der Waals surface area contributed by atoms with E-state index in [1.54, 1.807) is 18.3 Å². The molecule has 0 atom stereocenters. The minimum Gasteiger partial charge on any atom is -0.269 e. The lowest BCUT2D eigenvalue weighted by atomic mass is 10.2. The van der Waals surface area contributed by atoms with Crippen LogP contribution in [-0.4, -0.2) is 9.38 Å². The Morgan fingerprint density at radius 2 is 2.31 bits per heavy atom. The Balaban J connectivity index is 2.78. The molecule has 2 aromatic heterocycles. The van der Waals surface area contributed by atoms with Gasteiger partial charge in [-0.05, 0) is 18.6 Å². The Labute approximate surface area is 106 Å². The van der Waals surface area contributed by atoms with Gasteiger partial charge in [-0.2, -0.15) is 0 Å². The van der Waals surface area contributed by atoms with E-state index in [1.165, 1.54) is 4.40 Å². The number of hydrogen-bond donors (Lipinski definition) is 0. The van der Waals surface area contributed by atoms with Gasteiger partial charge in [0, 0.05) is 10.7 Å². The van der Waals surface area contributed by atoms with Gasteiger partial charge < -0.3 is 0 Å². The van der Waals surface area contributed by atoms with Crippen molar-refractivity contribution in [2.24, 2.45) is 0 Å². The first kappa shape index (κ1) is 11.6. The molecule has 0 radical (unpaired) electrons. The molecule has 0 unspecified atom stereocenters. The summed E-state index contributed by atoms with van der Waals surface area (Å²) in [5.41, 5.74) is 1.07. The van der Waals surface area contributed by atoms with Crippen molar-refractivity contribution < 1.29 is 0 Å². The van der Waals surface area contributed by atoms with Gasteiger partial charge in [0.15, 0.2) is 0 Å². The Morgan fingerprint density at radius 1 is 1.56 bits per heavy atom. The quantitative estimate of drug-likeness (QED) is 0.799. The summed E-state index contributed by atoms with van der Waals surface area (Å²) in [6, 6.07) is 3.57. The van der Waals surface area contributed by atoms with Gasteiger partial charge in [-0.15, -0.1) is 0 Å². The van der Waals surface area contributed by atoms with E-state index in [4.69, 9.17) is 11.6 Å². The highest BCUT2D eigenvalue weighted by molar-refractivity contribution is 9.10. The summed E-state index contributed by atoms with van der Waals surface area (Å²) in [7, 11) is 0. The van der Waals surface area contributed by atoms with Crippen LogP contribution in [0.1, 0.15) is 18.9 Å². The normalized spacial score (nSPS) is 10.9. The van der Waals surface area contributed by atoms with Gasteiger partial charge in [-0.25, -0.2) is 4.98 Å². The third-order valence-electron chi connectivity index (χ3n) is 2.34. The fraction of sp³-hybridized carbons (Fsp3) is 0.273. The minimum atomic E-state index is -0.0793. The first-order valence-electron chi connectivity index (χ1n) is 4.99. The second-order valence-corrected chi connectivity index (χ2v) is 4.78. The Morgan fingerprint density at radius 3 is 3.00 bits per heavy atom. The minimum absolute atomic E-state index is 0.0793. The number of hydrogen-bond acceptors (Lipinski definition) is 2. The molecular weight excluding hydrogens is 291 g/mol. The lowest BCUT2D eigenvalue weighted by Gasteiger charge is -2.05. The van der Waals surface area contributed by atoms with E-state index in [1.807, 2.05) is 6.92 Å². The topological polar surface area (TPSA) is 34.4 Å². The van der Waals surface area contributed by atoms with Crippen molar-refractivity contribution in [2.75, 3.05) is 0 Å². The van der Waals surface area contributed by atoms with Crippen LogP contribution in [0.3, 0.4) is 0 Å². The van der Waals surface area contributed by atoms with Crippen molar-refractivity contribution in [3.8, 4) is 0 Å². The smallest absolute Gasteiger partial charge is 0.262 e. The third-order valence-corrected chi connectivity index (χ3v) is 3.14. The molecule has 0 bridgehead atoms. The molecule has 84 valence electrons. The maximum absolute atomic E-state index is 12.1. The second-order valence-electron chi connectivity index (χ2n) is 3.51. The molecule has 0 saturated heterocycles. The molecule has 0 fully saturated rings. The summed E-state index contributed by atoms with van der Waals surface area (Å²) in [6.07, 6.45) is 3.23. The standard InChI is InChI=1S/C11H10BrClN2O/c1-2-3-8-10(13)14-9-6-7(12)4-5-15(9)11(8)16/h4-6H,2-3H2,1H3. The van der Waals surface area contributed by atoms with Crippen LogP contribution in [0.2, 0.25) is 5.15 Å². The molecule has 2 heterocycles. The number of halogens is 2. The summed E-state index contributed by atoms with van der Waals surface area (Å²) in [5, 5.41) is 0.310. The highest BCUT2D eigenvalue weighted by Crippen LogP contribution is 2.15. The summed E-state index contributed by atoms with van der Waals surface area (Å²) in [6.45, 7) is 2.01. The molecule has 0 aliphatic rings. The number of nitrogens with zero attached hydrogens (tertiary/aromatic N) is 2. The number of fused-ring (bicyclic) bond motifs is 1. The van der Waals surface area contributed by atoms with Gasteiger partial charge in [-0.1, -0.05) is 40.9 Å². The zero-order valence-corrected chi connectivity index (χ0v) is 11.0. The van der Waals surface area contributed by atoms with E-state index in [2.05, 4.69) is 20.9 Å². The molecule has 2 rings (SSSR count). The molecule has 0 aliphatic carbocycles. The summed E-state index contributed by atoms with van der Waals surface area (Å²) in [5.74, 6) is 0. The summed E-state index contributed by atoms with van der Waals surface area (Å²) < 4.78 is 2.39. The average molecular weight is 302 g/mol. The Bertz CT molecular complexity index is 594. The summed E-state index contributed by atoms with van der Waals surface area (Å²) in [4.78, 5) is 16.3. The largest absolute Gasteiger partial charge is 0.269 e. The third kappa shape index (κ3) is 1.99. The molecule has 0 aromatic carbocycles. The van der Waals surface area contributed by atoms with E-state index >= 15 is 0 Å². The van der Waals surface area contributed by atoms with Crippen LogP contribution in [0.25, 0.3) is 5.65 Å². The second kappa shape index (κ2) is 4.55. The lowest BCUT2D eigenvalue weighted by molar-refractivity contribution is 0.874. The van der Waals surface area contributed by atoms with Crippen molar-refractivity contribution in [3.05, 3.63) is 43.9 Å². The Hall–Kier alpha value is -0.870. The van der Waals surface area contributed by atoms with Crippen LogP contribution >= 0.6 is 27.5 Å². The lowest BCUT2D eigenvalue weighted by Crippen LogP contribution is -2.20. The van der Waals surface area contributed by atoms with Crippen LogP contribution in [0, 0.1) is 0 Å². The molecule has 5 heteroatoms. The van der Waals surface area contributed by atoms with Crippen molar-refractivity contribution in [3.63, 3.8) is 0 Å². The first-order valence-corrected chi connectivity index (χ1v) is 6.17. The van der Waals surface area contributed by atoms with Crippen LogP contribution in [0.4, 0.5) is 0 Å². The van der Waals surface area contributed by atoms with E-state index in [0.29, 0.717) is 22.8 Å². The number of aromatic nitrogens is 2. The highest BCUT2D eigenvalue weighted by atomic mass is 79.9. The fourth-order valence-electron chi connectivity index (χ4n) is 1.58. The van der Waals surface area contributed by atoms with Crippen molar-refractivity contribution >= 4 is 33.2 Å². The molecule has 0 amide bonds. The van der Waals surface area contributed by atoms with Crippen molar-refractivity contribution in [1.29, 1.82) is 0 Å². The molecule has 16 heavy (non-hydrogen) atoms. The highest BCUT2D eigenvalue weighted by Gasteiger charge is 2.10. The van der Waals surface area contributed by atoms with Crippen LogP contribution in [-0.2, 0) is 6.42 Å². The SMILES string of the molecule is CCCc1c(Cl)nc2cc(Br)ccn2c1=O. The van der Waals surface area contributed by atoms with Gasteiger partial charge in [-0.3, -0.25) is 9.20 Å². The zero-order chi connectivity index (χ0) is 11.7. The monoisotopic (exact) mass is 300 g/mol. The molecule has 0 saturated carbocycles. The van der Waals surface area contributed by atoms with Gasteiger partial charge in [0.05, 0.1) is 5.56 Å². The van der Waals surface area contributed by atoms with Gasteiger partial charge in [0.1, 0.15) is 10.8 Å². The van der Waals surface area contributed by atoms with Gasteiger partial charge in [0.2, 0.25) is 0 Å². The van der Waals surface area contributed by atoms with E-state index < -0.39 is 0 Å². The first-order chi connectivity index (χ1) is 7.63. The van der Waals surface area contributed by atoms with Crippen molar-refractivity contribution in [2.45, 2.75) is 19.8 Å². The molecule has 2 aromatic rings. The van der Waals surface area contributed by atoms with Crippen LogP contribution in [0.15, 0.2) is 27.6 Å². The van der Waals surface area contributed by atoms with Crippen LogP contribution in [0.5, 0.6) is 0 Å². The predicted molar refractivity (Wildman–Crippen MR) is 68.2 cm³/mol. The molecule has 3 nitrogen and oxygen atoms in total. The number of pyridine rings is 1. The molecule has 0 aliphatic heterocycles. The Kier molecular flexibility index (Phi) is 3.30. The van der Waals surface area contributed by atoms with Crippen LogP contribution < -0.4 is 5.56 Å². The fourth-order valence-corrected chi connectivity index (χ4v) is 2.17. The zero-order valence-electron chi connectivity index (χ0n) is 8.70. The maximum Gasteiger partial charge on any atom is 0.262 e. The van der Waals surface area contributed by atoms with Crippen molar-refractivity contribution in [1.82, 2.24) is 9.38 Å². The predicted octanol–water partition coefficient (Wildman–Crippen LogP) is 3.06. The summed E-state index contributed by atoms with van der Waals surface area (Å²) >= 11 is 9.33. The molecule has 0 spiro atoms. The average Bonchev–Trinajstić information content (AvgIpc) is 2.23. The molecular formula is C11H10BrClN2O. The molecule has 0 N–H and O–H groups in total. The van der Waals surface area contributed by atoms with Gasteiger partial charge >= 0.3 is 0 Å². The van der Waals surface area contributed by atoms with E-state index in [9.17, 15) is 4.79 Å². The maximum atomic E-state index is 12.1. The van der Waals surface area contributed by atoms with E-state index in [-0.39, 0.29) is 5.56 Å². The van der Waals surface area contributed by atoms with Gasteiger partial charge in [0.25, 0.3) is 5.56 Å². The number of rotatable bonds is 2.